The lowest BCUT2D eigenvalue weighted by molar-refractivity contribution is 0.324. The minimum absolute atomic E-state index is 0.829. The van der Waals surface area contributed by atoms with E-state index in [0.29, 0.717) is 0 Å². The molecular weight excluding hydrogens is 184 g/mol. The molecule has 1 saturated carbocycles. The van der Waals surface area contributed by atoms with Crippen LogP contribution in [0.5, 0.6) is 0 Å². The van der Waals surface area contributed by atoms with E-state index in [1.54, 1.807) is 0 Å². The molecule has 1 aliphatic rings. The second-order valence-electron chi connectivity index (χ2n) is 4.45. The zero-order chi connectivity index (χ0) is 10.5. The molecule has 0 radical (unpaired) electrons. The second-order valence-corrected chi connectivity index (χ2v) is 4.45. The third kappa shape index (κ3) is 4.02. The summed E-state index contributed by atoms with van der Waals surface area (Å²) in [4.78, 5) is 2.37. The summed E-state index contributed by atoms with van der Waals surface area (Å²) in [6.45, 7) is 3.30. The molecule has 1 aromatic carbocycles. The van der Waals surface area contributed by atoms with E-state index in [4.69, 9.17) is 0 Å². The predicted molar refractivity (Wildman–Crippen MR) is 63.8 cm³/mol. The Morgan fingerprint density at radius 3 is 2.67 bits per heavy atom. The first kappa shape index (κ1) is 10.7. The lowest BCUT2D eigenvalue weighted by Crippen LogP contribution is -2.29. The van der Waals surface area contributed by atoms with Crippen LogP contribution >= 0.6 is 0 Å². The molecule has 0 unspecified atom stereocenters. The van der Waals surface area contributed by atoms with Gasteiger partial charge in [0.2, 0.25) is 0 Å². The minimum atomic E-state index is 0.829. The van der Waals surface area contributed by atoms with Gasteiger partial charge in [0, 0.05) is 25.7 Å². The smallest absolute Gasteiger partial charge is 0.0231 e. The van der Waals surface area contributed by atoms with Crippen molar-refractivity contribution in [3.8, 4) is 0 Å². The van der Waals surface area contributed by atoms with Gasteiger partial charge in [-0.1, -0.05) is 30.3 Å². The van der Waals surface area contributed by atoms with Gasteiger partial charge in [-0.05, 0) is 25.5 Å². The lowest BCUT2D eigenvalue weighted by atomic mass is 10.2. The van der Waals surface area contributed by atoms with E-state index in [-0.39, 0.29) is 0 Å². The highest BCUT2D eigenvalue weighted by atomic mass is 15.1. The molecule has 82 valence electrons. The highest BCUT2D eigenvalue weighted by molar-refractivity contribution is 5.14. The van der Waals surface area contributed by atoms with Crippen molar-refractivity contribution >= 4 is 0 Å². The normalized spacial score (nSPS) is 15.9. The molecule has 0 bridgehead atoms. The zero-order valence-corrected chi connectivity index (χ0v) is 9.45. The lowest BCUT2D eigenvalue weighted by Gasteiger charge is -2.16. The van der Waals surface area contributed by atoms with E-state index in [1.165, 1.54) is 18.4 Å². The SMILES string of the molecule is CN(CCNC1CC1)Cc1ccccc1. The van der Waals surface area contributed by atoms with E-state index < -0.39 is 0 Å². The van der Waals surface area contributed by atoms with Crippen LogP contribution in [0, 0.1) is 0 Å². The molecule has 2 rings (SSSR count). The van der Waals surface area contributed by atoms with Crippen molar-refractivity contribution in [2.24, 2.45) is 0 Å². The van der Waals surface area contributed by atoms with Gasteiger partial charge >= 0.3 is 0 Å². The molecule has 0 saturated heterocycles. The van der Waals surface area contributed by atoms with Crippen LogP contribution in [-0.4, -0.2) is 31.1 Å². The van der Waals surface area contributed by atoms with Crippen molar-refractivity contribution in [2.45, 2.75) is 25.4 Å². The van der Waals surface area contributed by atoms with Gasteiger partial charge in [-0.15, -0.1) is 0 Å². The van der Waals surface area contributed by atoms with Gasteiger partial charge in [-0.25, -0.2) is 0 Å². The van der Waals surface area contributed by atoms with Crippen LogP contribution in [0.2, 0.25) is 0 Å². The van der Waals surface area contributed by atoms with Crippen LogP contribution < -0.4 is 5.32 Å². The average Bonchev–Trinajstić information content (AvgIpc) is 3.03. The van der Waals surface area contributed by atoms with E-state index in [1.807, 2.05) is 0 Å². The molecule has 0 heterocycles. The van der Waals surface area contributed by atoms with Crippen LogP contribution in [0.15, 0.2) is 30.3 Å². The second kappa shape index (κ2) is 5.29. The highest BCUT2D eigenvalue weighted by Gasteiger charge is 2.19. The number of nitrogens with zero attached hydrogens (tertiary/aromatic N) is 1. The van der Waals surface area contributed by atoms with Crippen molar-refractivity contribution < 1.29 is 0 Å². The maximum absolute atomic E-state index is 3.53. The van der Waals surface area contributed by atoms with Gasteiger partial charge in [0.25, 0.3) is 0 Å². The summed E-state index contributed by atoms with van der Waals surface area (Å²) in [5, 5.41) is 3.53. The Hall–Kier alpha value is -0.860. The van der Waals surface area contributed by atoms with Crippen LogP contribution in [0.3, 0.4) is 0 Å². The maximum atomic E-state index is 3.53. The number of hydrogen-bond donors (Lipinski definition) is 1. The summed E-state index contributed by atoms with van der Waals surface area (Å²) >= 11 is 0. The summed E-state index contributed by atoms with van der Waals surface area (Å²) in [6, 6.07) is 11.5. The van der Waals surface area contributed by atoms with Crippen molar-refractivity contribution in [3.63, 3.8) is 0 Å². The van der Waals surface area contributed by atoms with Gasteiger partial charge < -0.3 is 10.2 Å². The Balaban J connectivity index is 1.65. The fourth-order valence-corrected chi connectivity index (χ4v) is 1.72. The quantitative estimate of drug-likeness (QED) is 0.761. The predicted octanol–water partition coefficient (Wildman–Crippen LogP) is 1.87. The van der Waals surface area contributed by atoms with Crippen molar-refractivity contribution in [1.82, 2.24) is 10.2 Å². The van der Waals surface area contributed by atoms with Gasteiger partial charge in [0.15, 0.2) is 0 Å². The monoisotopic (exact) mass is 204 g/mol. The van der Waals surface area contributed by atoms with Crippen LogP contribution in [0.25, 0.3) is 0 Å². The Morgan fingerprint density at radius 2 is 2.00 bits per heavy atom. The molecule has 0 spiro atoms. The average molecular weight is 204 g/mol. The van der Waals surface area contributed by atoms with Crippen molar-refractivity contribution in [3.05, 3.63) is 35.9 Å². The molecule has 1 aliphatic carbocycles. The summed E-state index contributed by atoms with van der Waals surface area (Å²) in [5.41, 5.74) is 1.39. The fourth-order valence-electron chi connectivity index (χ4n) is 1.72. The molecule has 1 N–H and O–H groups in total. The van der Waals surface area contributed by atoms with Crippen LogP contribution in [0.1, 0.15) is 18.4 Å². The Kier molecular flexibility index (Phi) is 3.75. The molecule has 0 aliphatic heterocycles. The van der Waals surface area contributed by atoms with Crippen molar-refractivity contribution in [1.29, 1.82) is 0 Å². The topological polar surface area (TPSA) is 15.3 Å². The number of benzene rings is 1. The Bertz CT molecular complexity index is 280. The van der Waals surface area contributed by atoms with E-state index in [9.17, 15) is 0 Å². The molecule has 0 atom stereocenters. The summed E-state index contributed by atoms with van der Waals surface area (Å²) in [5.74, 6) is 0. The largest absolute Gasteiger partial charge is 0.313 e. The Morgan fingerprint density at radius 1 is 1.27 bits per heavy atom. The summed E-state index contributed by atoms with van der Waals surface area (Å²) in [7, 11) is 2.18. The third-order valence-electron chi connectivity index (χ3n) is 2.80. The zero-order valence-electron chi connectivity index (χ0n) is 9.45. The molecular formula is C13H20N2. The van der Waals surface area contributed by atoms with Gasteiger partial charge in [-0.3, -0.25) is 0 Å². The molecule has 1 fully saturated rings. The van der Waals surface area contributed by atoms with Crippen LogP contribution in [-0.2, 0) is 6.54 Å². The fraction of sp³-hybridized carbons (Fsp3) is 0.538. The highest BCUT2D eigenvalue weighted by Crippen LogP contribution is 2.17. The first-order valence-electron chi connectivity index (χ1n) is 5.80. The number of nitrogens with one attached hydrogen (secondary N) is 1. The molecule has 2 nitrogen and oxygen atoms in total. The van der Waals surface area contributed by atoms with Gasteiger partial charge in [0.1, 0.15) is 0 Å². The number of rotatable bonds is 6. The molecule has 1 aromatic rings. The summed E-state index contributed by atoms with van der Waals surface area (Å²) < 4.78 is 0. The molecule has 15 heavy (non-hydrogen) atoms. The third-order valence-corrected chi connectivity index (χ3v) is 2.80. The van der Waals surface area contributed by atoms with Gasteiger partial charge in [-0.2, -0.15) is 0 Å². The number of likely N-dealkylation sites (N-methyl/N-ethyl adjacent to an activating group) is 1. The van der Waals surface area contributed by atoms with E-state index >= 15 is 0 Å². The van der Waals surface area contributed by atoms with Gasteiger partial charge in [0.05, 0.1) is 0 Å². The molecule has 0 amide bonds. The summed E-state index contributed by atoms with van der Waals surface area (Å²) in [6.07, 6.45) is 2.75. The van der Waals surface area contributed by atoms with Crippen molar-refractivity contribution in [2.75, 3.05) is 20.1 Å². The Labute approximate surface area is 92.3 Å². The van der Waals surface area contributed by atoms with E-state index in [0.717, 1.165) is 25.7 Å². The maximum Gasteiger partial charge on any atom is 0.0231 e. The first-order chi connectivity index (χ1) is 7.34. The van der Waals surface area contributed by atoms with Crippen LogP contribution in [0.4, 0.5) is 0 Å². The minimum Gasteiger partial charge on any atom is -0.313 e. The van der Waals surface area contributed by atoms with E-state index in [2.05, 4.69) is 47.6 Å². The first-order valence-corrected chi connectivity index (χ1v) is 5.80. The number of hydrogen-bond acceptors (Lipinski definition) is 2. The molecule has 0 aromatic heterocycles. The molecule has 2 heteroatoms. The standard InChI is InChI=1S/C13H20N2/c1-15(10-9-14-13-7-8-13)11-12-5-3-2-4-6-12/h2-6,13-14H,7-11H2,1H3.